The zero-order valence-corrected chi connectivity index (χ0v) is 9.99. The Labute approximate surface area is 93.8 Å². The maximum atomic E-state index is 6.08. The molecule has 90 valence electrons. The van der Waals surface area contributed by atoms with E-state index in [1.54, 1.807) is 0 Å². The van der Waals surface area contributed by atoms with Gasteiger partial charge in [0.1, 0.15) is 0 Å². The van der Waals surface area contributed by atoms with Crippen LogP contribution in [0.15, 0.2) is 0 Å². The second-order valence-electron chi connectivity index (χ2n) is 5.37. The molecule has 0 spiro atoms. The first-order valence-corrected chi connectivity index (χ1v) is 6.34. The van der Waals surface area contributed by atoms with Gasteiger partial charge in [0, 0.05) is 18.1 Å². The molecule has 1 aliphatic rings. The number of nitrogens with two attached hydrogens (primary N) is 3. The Morgan fingerprint density at radius 3 is 1.93 bits per heavy atom. The fourth-order valence-electron chi connectivity index (χ4n) is 2.53. The van der Waals surface area contributed by atoms with E-state index in [1.165, 1.54) is 12.8 Å². The fraction of sp³-hybridized carbons (Fsp3) is 1.00. The summed E-state index contributed by atoms with van der Waals surface area (Å²) in [5, 5.41) is 0. The molecule has 0 aromatic carbocycles. The Balaban J connectivity index is 2.43. The third-order valence-electron chi connectivity index (χ3n) is 3.49. The maximum Gasteiger partial charge on any atom is 0.00541 e. The third-order valence-corrected chi connectivity index (χ3v) is 3.49. The van der Waals surface area contributed by atoms with Crippen molar-refractivity contribution in [3.05, 3.63) is 0 Å². The summed E-state index contributed by atoms with van der Waals surface area (Å²) in [6.45, 7) is 2.29. The first-order chi connectivity index (χ1) is 7.08. The van der Waals surface area contributed by atoms with Gasteiger partial charge in [-0.3, -0.25) is 0 Å². The molecule has 3 nitrogen and oxygen atoms in total. The maximum absolute atomic E-state index is 6.08. The van der Waals surface area contributed by atoms with Gasteiger partial charge in [0.2, 0.25) is 0 Å². The van der Waals surface area contributed by atoms with Crippen LogP contribution >= 0.6 is 0 Å². The van der Waals surface area contributed by atoms with Crippen molar-refractivity contribution in [3.8, 4) is 0 Å². The summed E-state index contributed by atoms with van der Waals surface area (Å²) >= 11 is 0. The molecule has 0 heterocycles. The van der Waals surface area contributed by atoms with Gasteiger partial charge in [0.05, 0.1) is 0 Å². The number of rotatable bonds is 0. The molecule has 0 amide bonds. The molecule has 4 atom stereocenters. The topological polar surface area (TPSA) is 78.1 Å². The van der Waals surface area contributed by atoms with Crippen molar-refractivity contribution in [2.24, 2.45) is 23.1 Å². The van der Waals surface area contributed by atoms with E-state index in [1.807, 2.05) is 0 Å². The van der Waals surface area contributed by atoms with Crippen LogP contribution in [0.4, 0.5) is 0 Å². The highest BCUT2D eigenvalue weighted by molar-refractivity contribution is 4.76. The number of hydrogen-bond donors (Lipinski definition) is 3. The van der Waals surface area contributed by atoms with Crippen molar-refractivity contribution in [2.75, 3.05) is 0 Å². The standard InChI is InChI=1S/C12H27N3/c1-9-3-2-4-10(13)8-12(15)6-5-11(14)7-9/h9-12H,2-8,13-15H2,1H3. The summed E-state index contributed by atoms with van der Waals surface area (Å²) in [7, 11) is 0. The van der Waals surface area contributed by atoms with Crippen molar-refractivity contribution >= 4 is 0 Å². The van der Waals surface area contributed by atoms with Crippen LogP contribution < -0.4 is 17.2 Å². The van der Waals surface area contributed by atoms with Gasteiger partial charge in [-0.2, -0.15) is 0 Å². The Bertz CT molecular complexity index is 154. The van der Waals surface area contributed by atoms with Gasteiger partial charge >= 0.3 is 0 Å². The lowest BCUT2D eigenvalue weighted by Crippen LogP contribution is -2.32. The highest BCUT2D eigenvalue weighted by Gasteiger charge is 2.16. The molecule has 1 rings (SSSR count). The van der Waals surface area contributed by atoms with E-state index in [9.17, 15) is 0 Å². The average molecular weight is 213 g/mol. The molecule has 0 aromatic rings. The predicted octanol–water partition coefficient (Wildman–Crippen LogP) is 1.35. The fourth-order valence-corrected chi connectivity index (χ4v) is 2.53. The van der Waals surface area contributed by atoms with Crippen molar-refractivity contribution < 1.29 is 0 Å². The monoisotopic (exact) mass is 213 g/mol. The van der Waals surface area contributed by atoms with E-state index < -0.39 is 0 Å². The smallest absolute Gasteiger partial charge is 0.00541 e. The van der Waals surface area contributed by atoms with Gasteiger partial charge in [-0.05, 0) is 38.0 Å². The van der Waals surface area contributed by atoms with Crippen LogP contribution in [-0.2, 0) is 0 Å². The highest BCUT2D eigenvalue weighted by Crippen LogP contribution is 2.19. The third kappa shape index (κ3) is 5.50. The van der Waals surface area contributed by atoms with E-state index in [0.717, 1.165) is 38.0 Å². The molecule has 15 heavy (non-hydrogen) atoms. The van der Waals surface area contributed by atoms with Gasteiger partial charge in [-0.15, -0.1) is 0 Å². The van der Waals surface area contributed by atoms with Crippen molar-refractivity contribution in [3.63, 3.8) is 0 Å². The molecule has 0 radical (unpaired) electrons. The molecule has 1 aliphatic carbocycles. The first-order valence-electron chi connectivity index (χ1n) is 6.34. The zero-order chi connectivity index (χ0) is 11.3. The predicted molar refractivity (Wildman–Crippen MR) is 65.4 cm³/mol. The van der Waals surface area contributed by atoms with Crippen LogP contribution in [0.25, 0.3) is 0 Å². The average Bonchev–Trinajstić information content (AvgIpc) is 2.15. The second kappa shape index (κ2) is 6.46. The molecule has 0 saturated heterocycles. The molecule has 0 aromatic heterocycles. The van der Waals surface area contributed by atoms with Crippen molar-refractivity contribution in [1.29, 1.82) is 0 Å². The molecule has 1 fully saturated rings. The van der Waals surface area contributed by atoms with Gasteiger partial charge in [-0.1, -0.05) is 19.8 Å². The molecular weight excluding hydrogens is 186 g/mol. The van der Waals surface area contributed by atoms with Crippen LogP contribution in [0, 0.1) is 5.92 Å². The van der Waals surface area contributed by atoms with Crippen molar-refractivity contribution in [2.45, 2.75) is 70.0 Å². The summed E-state index contributed by atoms with van der Waals surface area (Å²) in [5.74, 6) is 0.738. The zero-order valence-electron chi connectivity index (χ0n) is 9.99. The molecule has 4 unspecified atom stereocenters. The van der Waals surface area contributed by atoms with Crippen LogP contribution in [0.5, 0.6) is 0 Å². The van der Waals surface area contributed by atoms with Crippen molar-refractivity contribution in [1.82, 2.24) is 0 Å². The minimum atomic E-state index is 0.249. The molecule has 6 N–H and O–H groups in total. The Morgan fingerprint density at radius 2 is 1.27 bits per heavy atom. The number of hydrogen-bond acceptors (Lipinski definition) is 3. The van der Waals surface area contributed by atoms with Gasteiger partial charge in [-0.25, -0.2) is 0 Å². The van der Waals surface area contributed by atoms with Gasteiger partial charge < -0.3 is 17.2 Å². The van der Waals surface area contributed by atoms with Crippen LogP contribution in [-0.4, -0.2) is 18.1 Å². The molecule has 1 saturated carbocycles. The van der Waals surface area contributed by atoms with Crippen LogP contribution in [0.2, 0.25) is 0 Å². The Hall–Kier alpha value is -0.120. The van der Waals surface area contributed by atoms with Gasteiger partial charge in [0.15, 0.2) is 0 Å². The molecule has 3 heteroatoms. The lowest BCUT2D eigenvalue weighted by atomic mass is 9.94. The highest BCUT2D eigenvalue weighted by atomic mass is 14.7. The second-order valence-corrected chi connectivity index (χ2v) is 5.37. The lowest BCUT2D eigenvalue weighted by molar-refractivity contribution is 0.405. The van der Waals surface area contributed by atoms with E-state index in [0.29, 0.717) is 12.1 Å². The SMILES string of the molecule is CC1CCCC(N)CC(N)CCC(N)C1. The van der Waals surface area contributed by atoms with E-state index in [2.05, 4.69) is 6.92 Å². The first kappa shape index (κ1) is 12.9. The normalized spacial score (nSPS) is 40.8. The largest absolute Gasteiger partial charge is 0.328 e. The lowest BCUT2D eigenvalue weighted by Gasteiger charge is -2.18. The molecular formula is C12H27N3. The van der Waals surface area contributed by atoms with E-state index in [-0.39, 0.29) is 6.04 Å². The minimum absolute atomic E-state index is 0.249. The quantitative estimate of drug-likeness (QED) is 0.568. The molecule has 0 bridgehead atoms. The summed E-state index contributed by atoms with van der Waals surface area (Å²) in [6, 6.07) is 0.876. The Morgan fingerprint density at radius 1 is 0.733 bits per heavy atom. The summed E-state index contributed by atoms with van der Waals surface area (Å²) in [5.41, 5.74) is 18.1. The van der Waals surface area contributed by atoms with E-state index in [4.69, 9.17) is 17.2 Å². The van der Waals surface area contributed by atoms with Crippen LogP contribution in [0.3, 0.4) is 0 Å². The van der Waals surface area contributed by atoms with Crippen LogP contribution in [0.1, 0.15) is 51.9 Å². The van der Waals surface area contributed by atoms with E-state index >= 15 is 0 Å². The van der Waals surface area contributed by atoms with Gasteiger partial charge in [0.25, 0.3) is 0 Å². The Kier molecular flexibility index (Phi) is 5.58. The summed E-state index contributed by atoms with van der Waals surface area (Å²) < 4.78 is 0. The summed E-state index contributed by atoms with van der Waals surface area (Å²) in [6.07, 6.45) is 7.79. The summed E-state index contributed by atoms with van der Waals surface area (Å²) in [4.78, 5) is 0. The minimum Gasteiger partial charge on any atom is -0.328 e. The molecule has 0 aliphatic heterocycles.